The first-order valence-electron chi connectivity index (χ1n) is 7.24. The molecule has 104 valence electrons. The average Bonchev–Trinajstić information content (AvgIpc) is 3.16. The molecule has 0 bridgehead atoms. The first kappa shape index (κ1) is 11.6. The summed E-state index contributed by atoms with van der Waals surface area (Å²) in [4.78, 5) is 4.48. The first-order chi connectivity index (χ1) is 10.9. The number of hydrogen-bond acceptors (Lipinski definition) is 2. The topological polar surface area (TPSA) is 31.0 Å². The van der Waals surface area contributed by atoms with Crippen LogP contribution in [0.5, 0.6) is 0 Å². The Hall–Kier alpha value is -3.07. The molecular formula is C19H12N2O. The van der Waals surface area contributed by atoms with Crippen molar-refractivity contribution in [1.82, 2.24) is 9.55 Å². The molecule has 0 radical (unpaired) electrons. The lowest BCUT2D eigenvalue weighted by atomic mass is 10.1. The zero-order valence-electron chi connectivity index (χ0n) is 11.7. The number of imidazole rings is 1. The van der Waals surface area contributed by atoms with Crippen LogP contribution in [-0.4, -0.2) is 9.55 Å². The van der Waals surface area contributed by atoms with Crippen molar-refractivity contribution >= 4 is 33.0 Å². The van der Waals surface area contributed by atoms with E-state index >= 15 is 0 Å². The highest BCUT2D eigenvalue weighted by Gasteiger charge is 2.13. The summed E-state index contributed by atoms with van der Waals surface area (Å²) in [6.45, 7) is 0. The van der Waals surface area contributed by atoms with Crippen LogP contribution in [0, 0.1) is 0 Å². The molecule has 3 nitrogen and oxygen atoms in total. The average molecular weight is 284 g/mol. The summed E-state index contributed by atoms with van der Waals surface area (Å²) in [7, 11) is 0. The van der Waals surface area contributed by atoms with Gasteiger partial charge in [-0.2, -0.15) is 0 Å². The summed E-state index contributed by atoms with van der Waals surface area (Å²) in [6, 6.07) is 22.5. The van der Waals surface area contributed by atoms with Crippen LogP contribution in [0.25, 0.3) is 38.7 Å². The van der Waals surface area contributed by atoms with E-state index in [4.69, 9.17) is 4.42 Å². The SMILES string of the molecule is c1ccc2c(c1)ncn2-c1cccc2c1oc1ccccc12. The Labute approximate surface area is 126 Å². The molecule has 0 unspecified atom stereocenters. The Morgan fingerprint density at radius 2 is 1.59 bits per heavy atom. The number of aromatic nitrogens is 2. The summed E-state index contributed by atoms with van der Waals surface area (Å²) < 4.78 is 8.19. The van der Waals surface area contributed by atoms with Crippen molar-refractivity contribution in [1.29, 1.82) is 0 Å². The van der Waals surface area contributed by atoms with E-state index in [0.29, 0.717) is 0 Å². The summed E-state index contributed by atoms with van der Waals surface area (Å²) >= 11 is 0. The highest BCUT2D eigenvalue weighted by Crippen LogP contribution is 2.33. The third kappa shape index (κ3) is 1.48. The van der Waals surface area contributed by atoms with Crippen LogP contribution < -0.4 is 0 Å². The minimum Gasteiger partial charge on any atom is -0.454 e. The second kappa shape index (κ2) is 4.21. The molecule has 0 saturated carbocycles. The predicted molar refractivity (Wildman–Crippen MR) is 88.3 cm³/mol. The zero-order chi connectivity index (χ0) is 14.5. The van der Waals surface area contributed by atoms with Gasteiger partial charge in [-0.05, 0) is 24.3 Å². The highest BCUT2D eigenvalue weighted by molar-refractivity contribution is 6.07. The quantitative estimate of drug-likeness (QED) is 0.437. The van der Waals surface area contributed by atoms with Gasteiger partial charge in [-0.25, -0.2) is 4.98 Å². The van der Waals surface area contributed by atoms with Crippen LogP contribution in [0.3, 0.4) is 0 Å². The van der Waals surface area contributed by atoms with Gasteiger partial charge in [0.2, 0.25) is 0 Å². The smallest absolute Gasteiger partial charge is 0.159 e. The molecule has 3 aromatic carbocycles. The van der Waals surface area contributed by atoms with Crippen molar-refractivity contribution in [3.63, 3.8) is 0 Å². The molecular weight excluding hydrogens is 272 g/mol. The number of fused-ring (bicyclic) bond motifs is 4. The zero-order valence-corrected chi connectivity index (χ0v) is 11.7. The number of para-hydroxylation sites is 4. The Bertz CT molecular complexity index is 1130. The standard InChI is InChI=1S/C19H12N2O/c1-4-11-18-13(6-1)14-7-5-10-17(19(14)22-18)21-12-20-15-8-2-3-9-16(15)21/h1-12H. The maximum absolute atomic E-state index is 6.11. The second-order valence-electron chi connectivity index (χ2n) is 5.36. The Morgan fingerprint density at radius 1 is 0.773 bits per heavy atom. The third-order valence-corrected chi connectivity index (χ3v) is 4.10. The molecule has 22 heavy (non-hydrogen) atoms. The molecule has 0 atom stereocenters. The van der Waals surface area contributed by atoms with E-state index in [0.717, 1.165) is 38.7 Å². The molecule has 0 N–H and O–H groups in total. The van der Waals surface area contributed by atoms with Gasteiger partial charge in [-0.1, -0.05) is 42.5 Å². The van der Waals surface area contributed by atoms with Crippen LogP contribution in [0.1, 0.15) is 0 Å². The van der Waals surface area contributed by atoms with E-state index in [1.54, 1.807) is 0 Å². The van der Waals surface area contributed by atoms with Gasteiger partial charge in [0, 0.05) is 10.8 Å². The predicted octanol–water partition coefficient (Wildman–Crippen LogP) is 4.92. The summed E-state index contributed by atoms with van der Waals surface area (Å²) in [5, 5.41) is 2.27. The van der Waals surface area contributed by atoms with Crippen molar-refractivity contribution in [3.05, 3.63) is 73.1 Å². The van der Waals surface area contributed by atoms with E-state index in [-0.39, 0.29) is 0 Å². The molecule has 0 amide bonds. The van der Waals surface area contributed by atoms with Crippen molar-refractivity contribution in [2.75, 3.05) is 0 Å². The third-order valence-electron chi connectivity index (χ3n) is 4.10. The molecule has 0 fully saturated rings. The highest BCUT2D eigenvalue weighted by atomic mass is 16.3. The van der Waals surface area contributed by atoms with Crippen molar-refractivity contribution in [3.8, 4) is 5.69 Å². The van der Waals surface area contributed by atoms with Crippen LogP contribution >= 0.6 is 0 Å². The van der Waals surface area contributed by atoms with Crippen molar-refractivity contribution < 1.29 is 4.42 Å². The van der Waals surface area contributed by atoms with Gasteiger partial charge >= 0.3 is 0 Å². The maximum Gasteiger partial charge on any atom is 0.159 e. The molecule has 0 spiro atoms. The molecule has 2 aromatic heterocycles. The lowest BCUT2D eigenvalue weighted by Crippen LogP contribution is -1.91. The number of hydrogen-bond donors (Lipinski definition) is 0. The number of furan rings is 1. The Kier molecular flexibility index (Phi) is 2.22. The number of nitrogens with zero attached hydrogens (tertiary/aromatic N) is 2. The van der Waals surface area contributed by atoms with Crippen LogP contribution in [0.2, 0.25) is 0 Å². The fourth-order valence-electron chi connectivity index (χ4n) is 3.07. The van der Waals surface area contributed by atoms with Gasteiger partial charge in [0.25, 0.3) is 0 Å². The summed E-state index contributed by atoms with van der Waals surface area (Å²) in [6.07, 6.45) is 1.85. The second-order valence-corrected chi connectivity index (χ2v) is 5.36. The molecule has 5 aromatic rings. The van der Waals surface area contributed by atoms with Crippen LogP contribution in [0.4, 0.5) is 0 Å². The van der Waals surface area contributed by atoms with Gasteiger partial charge in [0.1, 0.15) is 11.9 Å². The number of rotatable bonds is 1. The monoisotopic (exact) mass is 284 g/mol. The fraction of sp³-hybridized carbons (Fsp3) is 0. The lowest BCUT2D eigenvalue weighted by Gasteiger charge is -2.04. The normalized spacial score (nSPS) is 11.6. The minimum absolute atomic E-state index is 0.895. The lowest BCUT2D eigenvalue weighted by molar-refractivity contribution is 0.666. The van der Waals surface area contributed by atoms with Gasteiger partial charge in [0.15, 0.2) is 5.58 Å². The van der Waals surface area contributed by atoms with Gasteiger partial charge in [-0.3, -0.25) is 4.57 Å². The summed E-state index contributed by atoms with van der Waals surface area (Å²) in [5.41, 5.74) is 4.88. The minimum atomic E-state index is 0.895. The van der Waals surface area contributed by atoms with Gasteiger partial charge in [0.05, 0.1) is 16.7 Å². The van der Waals surface area contributed by atoms with Gasteiger partial charge in [-0.15, -0.1) is 0 Å². The van der Waals surface area contributed by atoms with E-state index < -0.39 is 0 Å². The fourth-order valence-corrected chi connectivity index (χ4v) is 3.07. The van der Waals surface area contributed by atoms with Crippen LogP contribution in [-0.2, 0) is 0 Å². The molecule has 0 aliphatic carbocycles. The van der Waals surface area contributed by atoms with E-state index in [1.807, 2.05) is 42.7 Å². The van der Waals surface area contributed by atoms with E-state index in [2.05, 4.69) is 39.9 Å². The molecule has 3 heteroatoms. The maximum atomic E-state index is 6.11. The van der Waals surface area contributed by atoms with Crippen LogP contribution in [0.15, 0.2) is 77.5 Å². The van der Waals surface area contributed by atoms with E-state index in [1.165, 1.54) is 0 Å². The summed E-state index contributed by atoms with van der Waals surface area (Å²) in [5.74, 6) is 0. The first-order valence-corrected chi connectivity index (χ1v) is 7.24. The van der Waals surface area contributed by atoms with Crippen molar-refractivity contribution in [2.45, 2.75) is 0 Å². The largest absolute Gasteiger partial charge is 0.454 e. The van der Waals surface area contributed by atoms with E-state index in [9.17, 15) is 0 Å². The molecule has 0 saturated heterocycles. The Balaban J connectivity index is 1.92. The van der Waals surface area contributed by atoms with Crippen molar-refractivity contribution in [2.24, 2.45) is 0 Å². The molecule has 0 aliphatic rings. The van der Waals surface area contributed by atoms with Gasteiger partial charge < -0.3 is 4.42 Å². The Morgan fingerprint density at radius 3 is 2.59 bits per heavy atom. The molecule has 0 aliphatic heterocycles. The molecule has 5 rings (SSSR count). The number of benzene rings is 3. The molecule has 2 heterocycles.